The molecule has 18 heavy (non-hydrogen) atoms. The normalized spacial score (nSPS) is 13.1. The summed E-state index contributed by atoms with van der Waals surface area (Å²) < 4.78 is 27.8. The first-order chi connectivity index (χ1) is 8.27. The van der Waals surface area contributed by atoms with Gasteiger partial charge in [0.15, 0.2) is 0 Å². The third-order valence-corrected chi connectivity index (χ3v) is 5.46. The Morgan fingerprint density at radius 3 is 2.67 bits per heavy atom. The number of sulfonamides is 1. The van der Waals surface area contributed by atoms with Gasteiger partial charge >= 0.3 is 0 Å². The topological polar surface area (TPSA) is 72.2 Å². The van der Waals surface area contributed by atoms with E-state index in [1.165, 1.54) is 0 Å². The Bertz CT molecular complexity index is 558. The SMILES string of the molecule is CCC(C(N)=S)S(=O)(=O)Nc1cc(I)ccc1C. The summed E-state index contributed by atoms with van der Waals surface area (Å²) >= 11 is 6.92. The molecular weight excluding hydrogens is 383 g/mol. The minimum absolute atomic E-state index is 0.00622. The number of halogens is 1. The van der Waals surface area contributed by atoms with Crippen LogP contribution in [0.15, 0.2) is 18.2 Å². The molecule has 0 saturated carbocycles. The highest BCUT2D eigenvalue weighted by atomic mass is 127. The van der Waals surface area contributed by atoms with Gasteiger partial charge in [-0.15, -0.1) is 0 Å². The zero-order valence-electron chi connectivity index (χ0n) is 10.1. The molecule has 100 valence electrons. The summed E-state index contributed by atoms with van der Waals surface area (Å²) in [7, 11) is -3.58. The second-order valence-corrected chi connectivity index (χ2v) is 7.49. The van der Waals surface area contributed by atoms with Crippen molar-refractivity contribution in [3.05, 3.63) is 27.3 Å². The molecule has 4 nitrogen and oxygen atoms in total. The minimum atomic E-state index is -3.58. The number of rotatable bonds is 5. The zero-order chi connectivity index (χ0) is 13.9. The van der Waals surface area contributed by atoms with E-state index in [-0.39, 0.29) is 4.99 Å². The summed E-state index contributed by atoms with van der Waals surface area (Å²) in [5.41, 5.74) is 6.89. The van der Waals surface area contributed by atoms with Crippen LogP contribution in [0.1, 0.15) is 18.9 Å². The van der Waals surface area contributed by atoms with Crippen LogP contribution in [-0.4, -0.2) is 18.7 Å². The lowest BCUT2D eigenvalue weighted by Gasteiger charge is -2.17. The Labute approximate surface area is 127 Å². The molecule has 0 aliphatic carbocycles. The molecule has 0 amide bonds. The van der Waals surface area contributed by atoms with Gasteiger partial charge in [0.25, 0.3) is 0 Å². The Balaban J connectivity index is 3.09. The average Bonchev–Trinajstić information content (AvgIpc) is 2.22. The monoisotopic (exact) mass is 398 g/mol. The number of hydrogen-bond donors (Lipinski definition) is 2. The predicted molar refractivity (Wildman–Crippen MR) is 87.3 cm³/mol. The third-order valence-electron chi connectivity index (χ3n) is 2.51. The standard InChI is InChI=1S/C11H15IN2O2S2/c1-3-10(11(13)17)18(15,16)14-9-6-8(12)5-4-7(9)2/h4-6,10,14H,3H2,1-2H3,(H2,13,17). The number of anilines is 1. The number of nitrogens with two attached hydrogens (primary N) is 1. The second kappa shape index (κ2) is 6.16. The maximum atomic E-state index is 12.2. The van der Waals surface area contributed by atoms with Crippen molar-refractivity contribution in [3.8, 4) is 0 Å². The molecule has 1 unspecified atom stereocenters. The lowest BCUT2D eigenvalue weighted by atomic mass is 10.2. The first-order valence-corrected chi connectivity index (χ1v) is 8.38. The van der Waals surface area contributed by atoms with E-state index in [0.717, 1.165) is 9.13 Å². The fourth-order valence-corrected chi connectivity index (χ4v) is 3.95. The molecule has 1 aromatic rings. The number of benzene rings is 1. The van der Waals surface area contributed by atoms with Gasteiger partial charge in [-0.05, 0) is 53.6 Å². The lowest BCUT2D eigenvalue weighted by molar-refractivity contribution is 0.594. The van der Waals surface area contributed by atoms with Gasteiger partial charge in [-0.2, -0.15) is 0 Å². The first-order valence-electron chi connectivity index (χ1n) is 5.35. The second-order valence-electron chi connectivity index (χ2n) is 3.91. The molecule has 3 N–H and O–H groups in total. The van der Waals surface area contributed by atoms with Crippen LogP contribution in [0.5, 0.6) is 0 Å². The van der Waals surface area contributed by atoms with Crippen molar-refractivity contribution in [2.75, 3.05) is 4.72 Å². The minimum Gasteiger partial charge on any atom is -0.392 e. The molecule has 0 spiro atoms. The molecule has 1 rings (SSSR count). The van der Waals surface area contributed by atoms with Gasteiger partial charge in [0, 0.05) is 3.57 Å². The average molecular weight is 398 g/mol. The van der Waals surface area contributed by atoms with Crippen molar-refractivity contribution in [1.29, 1.82) is 0 Å². The molecule has 0 aliphatic rings. The van der Waals surface area contributed by atoms with Crippen LogP contribution in [0.4, 0.5) is 5.69 Å². The first kappa shape index (κ1) is 15.6. The number of nitrogens with one attached hydrogen (secondary N) is 1. The molecule has 7 heteroatoms. The van der Waals surface area contributed by atoms with Crippen molar-refractivity contribution in [2.45, 2.75) is 25.5 Å². The Morgan fingerprint density at radius 1 is 1.56 bits per heavy atom. The summed E-state index contributed by atoms with van der Waals surface area (Å²) in [4.78, 5) is -0.00622. The van der Waals surface area contributed by atoms with Crippen LogP contribution in [0.2, 0.25) is 0 Å². The van der Waals surface area contributed by atoms with Crippen LogP contribution in [-0.2, 0) is 10.0 Å². The van der Waals surface area contributed by atoms with Crippen LogP contribution in [0.25, 0.3) is 0 Å². The van der Waals surface area contributed by atoms with Crippen LogP contribution >= 0.6 is 34.8 Å². The molecule has 0 saturated heterocycles. The van der Waals surface area contributed by atoms with Gasteiger partial charge in [0.05, 0.1) is 10.7 Å². The van der Waals surface area contributed by atoms with Crippen LogP contribution in [0.3, 0.4) is 0 Å². The molecule has 0 fully saturated rings. The quantitative estimate of drug-likeness (QED) is 0.590. The highest BCUT2D eigenvalue weighted by Gasteiger charge is 2.26. The molecule has 1 aromatic carbocycles. The van der Waals surface area contributed by atoms with E-state index in [2.05, 4.69) is 27.3 Å². The van der Waals surface area contributed by atoms with Gasteiger partial charge in [0.1, 0.15) is 5.25 Å². The van der Waals surface area contributed by atoms with Gasteiger partial charge in [-0.25, -0.2) is 8.42 Å². The van der Waals surface area contributed by atoms with E-state index < -0.39 is 15.3 Å². The van der Waals surface area contributed by atoms with Crippen LogP contribution < -0.4 is 10.5 Å². The summed E-state index contributed by atoms with van der Waals surface area (Å²) in [6.07, 6.45) is 0.355. The van der Waals surface area contributed by atoms with Gasteiger partial charge < -0.3 is 5.73 Å². The summed E-state index contributed by atoms with van der Waals surface area (Å²) in [6.45, 7) is 3.58. The van der Waals surface area contributed by atoms with E-state index in [9.17, 15) is 8.42 Å². The van der Waals surface area contributed by atoms with Gasteiger partial charge in [0.2, 0.25) is 10.0 Å². The molecular formula is C11H15IN2O2S2. The maximum absolute atomic E-state index is 12.2. The van der Waals surface area contributed by atoms with Gasteiger partial charge in [-0.1, -0.05) is 25.2 Å². The van der Waals surface area contributed by atoms with Crippen molar-refractivity contribution < 1.29 is 8.42 Å². The lowest BCUT2D eigenvalue weighted by Crippen LogP contribution is -2.37. The van der Waals surface area contributed by atoms with Gasteiger partial charge in [-0.3, -0.25) is 4.72 Å². The molecule has 0 bridgehead atoms. The number of hydrogen-bond acceptors (Lipinski definition) is 3. The van der Waals surface area contributed by atoms with E-state index >= 15 is 0 Å². The van der Waals surface area contributed by atoms with Crippen molar-refractivity contribution in [3.63, 3.8) is 0 Å². The van der Waals surface area contributed by atoms with Crippen molar-refractivity contribution in [2.24, 2.45) is 5.73 Å². The Kier molecular flexibility index (Phi) is 5.35. The van der Waals surface area contributed by atoms with E-state index in [1.807, 2.05) is 19.1 Å². The summed E-state index contributed by atoms with van der Waals surface area (Å²) in [5.74, 6) is 0. The fourth-order valence-electron chi connectivity index (χ4n) is 1.50. The predicted octanol–water partition coefficient (Wildman–Crippen LogP) is 2.41. The van der Waals surface area contributed by atoms with E-state index in [4.69, 9.17) is 18.0 Å². The Morgan fingerprint density at radius 2 is 2.17 bits per heavy atom. The van der Waals surface area contributed by atoms with E-state index in [1.54, 1.807) is 13.0 Å². The number of aryl methyl sites for hydroxylation is 1. The third kappa shape index (κ3) is 3.79. The Hall–Kier alpha value is -0.410. The highest BCUT2D eigenvalue weighted by molar-refractivity contribution is 14.1. The van der Waals surface area contributed by atoms with Crippen molar-refractivity contribution >= 4 is 55.5 Å². The summed E-state index contributed by atoms with van der Waals surface area (Å²) in [6, 6.07) is 5.56. The molecule has 0 radical (unpaired) electrons. The number of thiocarbonyl (C=S) groups is 1. The summed E-state index contributed by atoms with van der Waals surface area (Å²) in [5, 5.41) is -0.843. The fraction of sp³-hybridized carbons (Fsp3) is 0.364. The zero-order valence-corrected chi connectivity index (χ0v) is 13.9. The molecule has 0 heterocycles. The maximum Gasteiger partial charge on any atom is 0.242 e. The highest BCUT2D eigenvalue weighted by Crippen LogP contribution is 2.21. The van der Waals surface area contributed by atoms with Crippen molar-refractivity contribution in [1.82, 2.24) is 0 Å². The smallest absolute Gasteiger partial charge is 0.242 e. The van der Waals surface area contributed by atoms with Crippen LogP contribution in [0, 0.1) is 10.5 Å². The molecule has 0 aromatic heterocycles. The molecule has 1 atom stereocenters. The molecule has 0 aliphatic heterocycles. The largest absolute Gasteiger partial charge is 0.392 e. The van der Waals surface area contributed by atoms with E-state index in [0.29, 0.717) is 12.1 Å².